The highest BCUT2D eigenvalue weighted by Crippen LogP contribution is 2.22. The number of carbonyl (C=O) groups excluding carboxylic acids is 1. The predicted octanol–water partition coefficient (Wildman–Crippen LogP) is 2.28. The smallest absolute Gasteiger partial charge is 0.339 e. The van der Waals surface area contributed by atoms with Crippen LogP contribution in [0.15, 0.2) is 40.4 Å². The molecule has 7 nitrogen and oxygen atoms in total. The maximum atomic E-state index is 12.4. The van der Waals surface area contributed by atoms with E-state index in [1.807, 2.05) is 6.07 Å². The van der Waals surface area contributed by atoms with E-state index in [2.05, 4.69) is 19.9 Å². The monoisotopic (exact) mass is 342 g/mol. The van der Waals surface area contributed by atoms with E-state index >= 15 is 0 Å². The Hall–Kier alpha value is -2.74. The Labute approximate surface area is 141 Å². The van der Waals surface area contributed by atoms with Gasteiger partial charge in [-0.1, -0.05) is 17.8 Å². The third kappa shape index (κ3) is 3.00. The maximum absolute atomic E-state index is 12.4. The standard InChI is InChI=1S/C16H14N4O3S/c1-3-23-15(22)9-8-11(10-6-4-5-7-17-10)18-13-12(9)14(21)20-16(19-13)24-2/h4-8H,3H2,1-2H3,(H,18,19,20,21). The first-order chi connectivity index (χ1) is 11.6. The SMILES string of the molecule is CCOC(=O)c1cc(-c2ccccn2)nc2nc(SC)[nH]c(=O)c12. The van der Waals surface area contributed by atoms with E-state index in [4.69, 9.17) is 4.74 Å². The number of pyridine rings is 2. The fraction of sp³-hybridized carbons (Fsp3) is 0.188. The van der Waals surface area contributed by atoms with Crippen molar-refractivity contribution in [2.24, 2.45) is 0 Å². The van der Waals surface area contributed by atoms with Gasteiger partial charge >= 0.3 is 5.97 Å². The molecule has 3 heterocycles. The second-order valence-corrected chi connectivity index (χ2v) is 5.56. The molecule has 0 aliphatic rings. The molecule has 0 atom stereocenters. The van der Waals surface area contributed by atoms with Gasteiger partial charge < -0.3 is 9.72 Å². The molecule has 0 bridgehead atoms. The Kier molecular flexibility index (Phi) is 4.57. The predicted molar refractivity (Wildman–Crippen MR) is 91.1 cm³/mol. The Balaban J connectivity index is 2.33. The van der Waals surface area contributed by atoms with Crippen LogP contribution >= 0.6 is 11.8 Å². The molecule has 1 N–H and O–H groups in total. The third-order valence-electron chi connectivity index (χ3n) is 3.27. The van der Waals surface area contributed by atoms with Crippen LogP contribution in [0, 0.1) is 0 Å². The molecule has 3 rings (SSSR count). The Morgan fingerprint density at radius 1 is 1.29 bits per heavy atom. The Bertz CT molecular complexity index is 957. The lowest BCUT2D eigenvalue weighted by Gasteiger charge is -2.08. The van der Waals surface area contributed by atoms with Crippen molar-refractivity contribution in [2.45, 2.75) is 12.1 Å². The molecule has 0 saturated carbocycles. The van der Waals surface area contributed by atoms with Gasteiger partial charge in [0.25, 0.3) is 5.56 Å². The van der Waals surface area contributed by atoms with E-state index in [1.54, 1.807) is 31.5 Å². The van der Waals surface area contributed by atoms with Crippen LogP contribution in [0.5, 0.6) is 0 Å². The van der Waals surface area contributed by atoms with Crippen LogP contribution in [-0.4, -0.2) is 38.8 Å². The zero-order valence-electron chi connectivity index (χ0n) is 13.1. The molecule has 122 valence electrons. The summed E-state index contributed by atoms with van der Waals surface area (Å²) in [4.78, 5) is 40.2. The third-order valence-corrected chi connectivity index (χ3v) is 3.85. The fourth-order valence-corrected chi connectivity index (χ4v) is 2.60. The Morgan fingerprint density at radius 3 is 2.79 bits per heavy atom. The van der Waals surface area contributed by atoms with Crippen molar-refractivity contribution in [3.8, 4) is 11.4 Å². The lowest BCUT2D eigenvalue weighted by Crippen LogP contribution is -2.16. The summed E-state index contributed by atoms with van der Waals surface area (Å²) in [6.45, 7) is 1.91. The van der Waals surface area contributed by atoms with Crippen molar-refractivity contribution in [2.75, 3.05) is 12.9 Å². The van der Waals surface area contributed by atoms with Crippen LogP contribution in [0.3, 0.4) is 0 Å². The van der Waals surface area contributed by atoms with Gasteiger partial charge in [0.2, 0.25) is 0 Å². The largest absolute Gasteiger partial charge is 0.462 e. The topological polar surface area (TPSA) is 97.8 Å². The number of H-pyrrole nitrogens is 1. The first-order valence-corrected chi connectivity index (χ1v) is 8.44. The number of ether oxygens (including phenoxy) is 1. The van der Waals surface area contributed by atoms with E-state index < -0.39 is 11.5 Å². The molecule has 0 fully saturated rings. The van der Waals surface area contributed by atoms with E-state index in [9.17, 15) is 9.59 Å². The van der Waals surface area contributed by atoms with Crippen molar-refractivity contribution in [1.29, 1.82) is 0 Å². The van der Waals surface area contributed by atoms with Crippen molar-refractivity contribution in [3.05, 3.63) is 46.4 Å². The first-order valence-electron chi connectivity index (χ1n) is 7.21. The number of thioether (sulfide) groups is 1. The summed E-state index contributed by atoms with van der Waals surface area (Å²) in [7, 11) is 0. The molecule has 0 spiro atoms. The average molecular weight is 342 g/mol. The first kappa shape index (κ1) is 16.1. The summed E-state index contributed by atoms with van der Waals surface area (Å²) in [5.74, 6) is -0.591. The van der Waals surface area contributed by atoms with Gasteiger partial charge in [0.05, 0.1) is 28.9 Å². The summed E-state index contributed by atoms with van der Waals surface area (Å²) >= 11 is 1.29. The van der Waals surface area contributed by atoms with E-state index in [0.717, 1.165) is 0 Å². The fourth-order valence-electron chi connectivity index (χ4n) is 2.23. The van der Waals surface area contributed by atoms with Crippen LogP contribution in [0.1, 0.15) is 17.3 Å². The van der Waals surface area contributed by atoms with Crippen LogP contribution in [0.4, 0.5) is 0 Å². The number of nitrogens with zero attached hydrogens (tertiary/aromatic N) is 3. The number of esters is 1. The number of rotatable bonds is 4. The minimum Gasteiger partial charge on any atom is -0.462 e. The average Bonchev–Trinajstić information content (AvgIpc) is 2.61. The number of hydrogen-bond acceptors (Lipinski definition) is 7. The summed E-state index contributed by atoms with van der Waals surface area (Å²) in [6.07, 6.45) is 3.42. The normalized spacial score (nSPS) is 10.8. The molecular formula is C16H14N4O3S. The van der Waals surface area contributed by atoms with Crippen LogP contribution < -0.4 is 5.56 Å². The van der Waals surface area contributed by atoms with Gasteiger partial charge in [-0.05, 0) is 31.4 Å². The highest BCUT2D eigenvalue weighted by molar-refractivity contribution is 7.98. The van der Waals surface area contributed by atoms with E-state index in [1.165, 1.54) is 17.8 Å². The van der Waals surface area contributed by atoms with Crippen molar-refractivity contribution < 1.29 is 9.53 Å². The molecule has 0 aliphatic carbocycles. The second-order valence-electron chi connectivity index (χ2n) is 4.76. The minimum absolute atomic E-state index is 0.117. The van der Waals surface area contributed by atoms with Crippen LogP contribution in [0.25, 0.3) is 22.4 Å². The van der Waals surface area contributed by atoms with Crippen molar-refractivity contribution in [3.63, 3.8) is 0 Å². The summed E-state index contributed by atoms with van der Waals surface area (Å²) in [5.41, 5.74) is 0.930. The number of nitrogens with one attached hydrogen (secondary N) is 1. The van der Waals surface area contributed by atoms with Gasteiger partial charge in [-0.2, -0.15) is 0 Å². The number of carbonyl (C=O) groups is 1. The molecule has 0 aromatic carbocycles. The lowest BCUT2D eigenvalue weighted by molar-refractivity contribution is 0.0528. The van der Waals surface area contributed by atoms with Gasteiger partial charge in [-0.15, -0.1) is 0 Å². The molecule has 0 saturated heterocycles. The van der Waals surface area contributed by atoms with Gasteiger partial charge in [-0.25, -0.2) is 14.8 Å². The van der Waals surface area contributed by atoms with E-state index in [-0.39, 0.29) is 23.2 Å². The summed E-state index contributed by atoms with van der Waals surface area (Å²) in [5, 5.41) is 0.541. The van der Waals surface area contributed by atoms with Crippen molar-refractivity contribution >= 4 is 28.8 Å². The highest BCUT2D eigenvalue weighted by atomic mass is 32.2. The molecule has 3 aromatic heterocycles. The molecule has 24 heavy (non-hydrogen) atoms. The van der Waals surface area contributed by atoms with Crippen molar-refractivity contribution in [1.82, 2.24) is 19.9 Å². The second kappa shape index (κ2) is 6.79. The minimum atomic E-state index is -0.591. The molecule has 3 aromatic rings. The number of aromatic amines is 1. The highest BCUT2D eigenvalue weighted by Gasteiger charge is 2.19. The van der Waals surface area contributed by atoms with E-state index in [0.29, 0.717) is 16.5 Å². The van der Waals surface area contributed by atoms with Gasteiger partial charge in [-0.3, -0.25) is 9.78 Å². The molecular weight excluding hydrogens is 328 g/mol. The molecule has 0 amide bonds. The number of fused-ring (bicyclic) bond motifs is 1. The van der Waals surface area contributed by atoms with Crippen LogP contribution in [0.2, 0.25) is 0 Å². The molecule has 0 unspecified atom stereocenters. The summed E-state index contributed by atoms with van der Waals surface area (Å²) < 4.78 is 5.07. The van der Waals surface area contributed by atoms with Gasteiger partial charge in [0.15, 0.2) is 10.8 Å². The lowest BCUT2D eigenvalue weighted by atomic mass is 10.1. The van der Waals surface area contributed by atoms with Gasteiger partial charge in [0.1, 0.15) is 0 Å². The zero-order chi connectivity index (χ0) is 17.1. The summed E-state index contributed by atoms with van der Waals surface area (Å²) in [6, 6.07) is 6.88. The molecule has 0 radical (unpaired) electrons. The maximum Gasteiger partial charge on any atom is 0.339 e. The molecule has 8 heteroatoms. The number of aromatic nitrogens is 4. The Morgan fingerprint density at radius 2 is 2.12 bits per heavy atom. The van der Waals surface area contributed by atoms with Crippen LogP contribution in [-0.2, 0) is 4.74 Å². The quantitative estimate of drug-likeness (QED) is 0.441. The zero-order valence-corrected chi connectivity index (χ0v) is 13.9. The molecule has 0 aliphatic heterocycles. The number of hydrogen-bond donors (Lipinski definition) is 1. The van der Waals surface area contributed by atoms with Gasteiger partial charge in [0, 0.05) is 6.20 Å².